The van der Waals surface area contributed by atoms with Crippen molar-refractivity contribution in [3.8, 4) is 0 Å². The first-order chi connectivity index (χ1) is 17.9. The molecule has 3 aromatic carbocycles. The second-order valence-corrected chi connectivity index (χ2v) is 8.73. The van der Waals surface area contributed by atoms with Crippen molar-refractivity contribution in [2.45, 2.75) is 32.4 Å². The van der Waals surface area contributed by atoms with Crippen molar-refractivity contribution in [3.63, 3.8) is 0 Å². The number of rotatable bonds is 9. The maximum Gasteiger partial charge on any atom is 0.330 e. The Kier molecular flexibility index (Phi) is 8.15. The van der Waals surface area contributed by atoms with Crippen molar-refractivity contribution >= 4 is 23.5 Å². The molecule has 0 aliphatic heterocycles. The van der Waals surface area contributed by atoms with Gasteiger partial charge in [0.2, 0.25) is 6.10 Å². The molecule has 4 rings (SSSR count). The third-order valence-electron chi connectivity index (χ3n) is 5.84. The van der Waals surface area contributed by atoms with E-state index >= 15 is 0 Å². The minimum absolute atomic E-state index is 0.0677. The highest BCUT2D eigenvalue weighted by atomic mass is 16.5. The van der Waals surface area contributed by atoms with Crippen molar-refractivity contribution in [1.82, 2.24) is 5.32 Å². The Labute approximate surface area is 215 Å². The van der Waals surface area contributed by atoms with E-state index < -0.39 is 29.9 Å². The molecule has 2 atom stereocenters. The number of carbonyl (C=O) groups is 3. The number of esters is 1. The summed E-state index contributed by atoms with van der Waals surface area (Å²) in [5, 5.41) is 5.58. The van der Waals surface area contributed by atoms with Crippen LogP contribution < -0.4 is 10.6 Å². The molecule has 1 unspecified atom stereocenters. The van der Waals surface area contributed by atoms with Crippen LogP contribution in [0.3, 0.4) is 0 Å². The molecule has 188 valence electrons. The van der Waals surface area contributed by atoms with Gasteiger partial charge in [-0.05, 0) is 48.7 Å². The van der Waals surface area contributed by atoms with Crippen LogP contribution >= 0.6 is 0 Å². The van der Waals surface area contributed by atoms with Crippen LogP contribution in [0.2, 0.25) is 0 Å². The number of nitrogens with one attached hydrogen (secondary N) is 2. The number of benzene rings is 3. The molecular weight excluding hydrogens is 468 g/mol. The molecule has 0 radical (unpaired) electrons. The van der Waals surface area contributed by atoms with Gasteiger partial charge in [-0.25, -0.2) is 4.79 Å². The predicted octanol–water partition coefficient (Wildman–Crippen LogP) is 5.16. The van der Waals surface area contributed by atoms with Crippen molar-refractivity contribution in [3.05, 3.63) is 125 Å². The molecule has 1 aromatic heterocycles. The Balaban J connectivity index is 1.59. The third kappa shape index (κ3) is 6.73. The van der Waals surface area contributed by atoms with Gasteiger partial charge in [-0.2, -0.15) is 0 Å². The Morgan fingerprint density at radius 3 is 2.24 bits per heavy atom. The summed E-state index contributed by atoms with van der Waals surface area (Å²) in [4.78, 5) is 39.6. The summed E-state index contributed by atoms with van der Waals surface area (Å²) in [7, 11) is 0. The number of hydrogen-bond acceptors (Lipinski definition) is 5. The van der Waals surface area contributed by atoms with E-state index in [4.69, 9.17) is 9.15 Å². The zero-order valence-corrected chi connectivity index (χ0v) is 20.6. The van der Waals surface area contributed by atoms with E-state index in [0.717, 1.165) is 16.7 Å². The van der Waals surface area contributed by atoms with Crippen LogP contribution in [0.1, 0.15) is 38.9 Å². The molecule has 1 heterocycles. The first kappa shape index (κ1) is 25.4. The first-order valence-corrected chi connectivity index (χ1v) is 11.9. The average Bonchev–Trinajstić information content (AvgIpc) is 3.45. The molecular formula is C30H28N2O5. The molecule has 0 bridgehead atoms. The zero-order chi connectivity index (χ0) is 26.2. The van der Waals surface area contributed by atoms with Gasteiger partial charge in [-0.1, -0.05) is 72.8 Å². The van der Waals surface area contributed by atoms with Gasteiger partial charge in [0.15, 0.2) is 5.76 Å². The molecule has 0 aliphatic carbocycles. The van der Waals surface area contributed by atoms with Gasteiger partial charge in [-0.15, -0.1) is 0 Å². The van der Waals surface area contributed by atoms with E-state index in [2.05, 4.69) is 10.6 Å². The van der Waals surface area contributed by atoms with Crippen molar-refractivity contribution in [1.29, 1.82) is 0 Å². The maximum atomic E-state index is 13.5. The monoisotopic (exact) mass is 496 g/mol. The van der Waals surface area contributed by atoms with E-state index in [-0.39, 0.29) is 12.2 Å². The van der Waals surface area contributed by atoms with Gasteiger partial charge in [0.05, 0.1) is 6.26 Å². The second-order valence-electron chi connectivity index (χ2n) is 8.73. The molecule has 0 aliphatic rings. The molecule has 0 saturated heterocycles. The zero-order valence-electron chi connectivity index (χ0n) is 20.6. The van der Waals surface area contributed by atoms with Gasteiger partial charge in [0.25, 0.3) is 11.8 Å². The van der Waals surface area contributed by atoms with Crippen LogP contribution in [0.5, 0.6) is 0 Å². The minimum atomic E-state index is -1.23. The van der Waals surface area contributed by atoms with Crippen LogP contribution in [0.4, 0.5) is 5.69 Å². The van der Waals surface area contributed by atoms with Crippen molar-refractivity contribution < 1.29 is 23.5 Å². The molecule has 0 spiro atoms. The lowest BCUT2D eigenvalue weighted by Crippen LogP contribution is -2.44. The Hall–Kier alpha value is -4.65. The van der Waals surface area contributed by atoms with Crippen LogP contribution in [0, 0.1) is 13.8 Å². The summed E-state index contributed by atoms with van der Waals surface area (Å²) < 4.78 is 11.0. The quantitative estimate of drug-likeness (QED) is 0.312. The van der Waals surface area contributed by atoms with Crippen LogP contribution in [0.25, 0.3) is 0 Å². The van der Waals surface area contributed by atoms with E-state index in [9.17, 15) is 14.4 Å². The number of aryl methyl sites for hydroxylation is 2. The topological polar surface area (TPSA) is 97.6 Å². The Morgan fingerprint density at radius 2 is 1.57 bits per heavy atom. The van der Waals surface area contributed by atoms with Gasteiger partial charge in [-0.3, -0.25) is 9.59 Å². The first-order valence-electron chi connectivity index (χ1n) is 11.9. The minimum Gasteiger partial charge on any atom is -0.459 e. The SMILES string of the molecule is Cc1ccc(C)c(NC(=O)C(OC(=O)[C@@H](Cc2ccccc2)NC(=O)c2ccco2)c2ccccc2)c1. The summed E-state index contributed by atoms with van der Waals surface area (Å²) in [5.41, 5.74) is 3.83. The fraction of sp³-hybridized carbons (Fsp3) is 0.167. The number of anilines is 1. The van der Waals surface area contributed by atoms with E-state index in [1.165, 1.54) is 12.3 Å². The van der Waals surface area contributed by atoms with Crippen LogP contribution in [-0.2, 0) is 20.7 Å². The summed E-state index contributed by atoms with van der Waals surface area (Å²) in [6.07, 6.45) is 0.321. The van der Waals surface area contributed by atoms with Gasteiger partial charge in [0, 0.05) is 17.7 Å². The van der Waals surface area contributed by atoms with E-state index in [1.54, 1.807) is 30.3 Å². The number of ether oxygens (including phenoxy) is 1. The summed E-state index contributed by atoms with van der Waals surface area (Å²) in [6.45, 7) is 3.82. The van der Waals surface area contributed by atoms with Crippen LogP contribution in [0.15, 0.2) is 102 Å². The predicted molar refractivity (Wildman–Crippen MR) is 140 cm³/mol. The van der Waals surface area contributed by atoms with Crippen molar-refractivity contribution in [2.24, 2.45) is 0 Å². The number of hydrogen-bond donors (Lipinski definition) is 2. The fourth-order valence-corrected chi connectivity index (χ4v) is 3.85. The van der Waals surface area contributed by atoms with Gasteiger partial charge < -0.3 is 19.8 Å². The highest BCUT2D eigenvalue weighted by Gasteiger charge is 2.31. The molecule has 7 heteroatoms. The highest BCUT2D eigenvalue weighted by molar-refractivity contribution is 5.98. The molecule has 7 nitrogen and oxygen atoms in total. The largest absolute Gasteiger partial charge is 0.459 e. The fourth-order valence-electron chi connectivity index (χ4n) is 3.85. The average molecular weight is 497 g/mol. The standard InChI is InChI=1S/C30H28N2O5/c1-20-15-16-21(2)24(18-20)31-29(34)27(23-12-7-4-8-13-23)37-30(35)25(19-22-10-5-3-6-11-22)32-28(33)26-14-9-17-36-26/h3-18,25,27H,19H2,1-2H3,(H,31,34)(H,32,33)/t25-,27?/m1/s1. The molecule has 0 fully saturated rings. The molecule has 37 heavy (non-hydrogen) atoms. The lowest BCUT2D eigenvalue weighted by molar-refractivity contribution is -0.156. The van der Waals surface area contributed by atoms with Gasteiger partial charge >= 0.3 is 5.97 Å². The Bertz CT molecular complexity index is 1350. The Morgan fingerprint density at radius 1 is 0.865 bits per heavy atom. The van der Waals surface area contributed by atoms with Gasteiger partial charge in [0.1, 0.15) is 6.04 Å². The summed E-state index contributed by atoms with van der Waals surface area (Å²) in [6, 6.07) is 25.8. The molecule has 0 saturated carbocycles. The number of carbonyl (C=O) groups excluding carboxylic acids is 3. The van der Waals surface area contributed by atoms with E-state index in [0.29, 0.717) is 11.3 Å². The molecule has 2 N–H and O–H groups in total. The highest BCUT2D eigenvalue weighted by Crippen LogP contribution is 2.23. The number of amides is 2. The molecule has 2 amide bonds. The second kappa shape index (κ2) is 11.9. The van der Waals surface area contributed by atoms with Crippen LogP contribution in [-0.4, -0.2) is 23.8 Å². The molecule has 4 aromatic rings. The number of furan rings is 1. The lowest BCUT2D eigenvalue weighted by atomic mass is 10.0. The van der Waals surface area contributed by atoms with Crippen molar-refractivity contribution in [2.75, 3.05) is 5.32 Å². The third-order valence-corrected chi connectivity index (χ3v) is 5.84. The normalized spacial score (nSPS) is 12.3. The summed E-state index contributed by atoms with van der Waals surface area (Å²) >= 11 is 0. The summed E-state index contributed by atoms with van der Waals surface area (Å²) in [5.74, 6) is -1.73. The smallest absolute Gasteiger partial charge is 0.330 e. The maximum absolute atomic E-state index is 13.5. The lowest BCUT2D eigenvalue weighted by Gasteiger charge is -2.23. The van der Waals surface area contributed by atoms with E-state index in [1.807, 2.05) is 68.4 Å².